The number of hydrogen-bond acceptors (Lipinski definition) is 3. The predicted molar refractivity (Wildman–Crippen MR) is 80.6 cm³/mol. The van der Waals surface area contributed by atoms with Crippen molar-refractivity contribution in [3.63, 3.8) is 0 Å². The van der Waals surface area contributed by atoms with Gasteiger partial charge in [0.05, 0.1) is 28.4 Å². The van der Waals surface area contributed by atoms with E-state index in [2.05, 4.69) is 4.72 Å². The maximum atomic E-state index is 12.3. The molecule has 20 heavy (non-hydrogen) atoms. The van der Waals surface area contributed by atoms with Gasteiger partial charge in [0, 0.05) is 6.61 Å². The molecule has 1 aromatic rings. The first-order valence-corrected chi connectivity index (χ1v) is 8.03. The van der Waals surface area contributed by atoms with Gasteiger partial charge in [0.1, 0.15) is 5.60 Å². The quantitative estimate of drug-likeness (QED) is 0.893. The first-order chi connectivity index (χ1) is 9.34. The third-order valence-corrected chi connectivity index (χ3v) is 5.14. The van der Waals surface area contributed by atoms with Gasteiger partial charge in [-0.05, 0) is 32.8 Å². The Bertz CT molecular complexity index is 472. The summed E-state index contributed by atoms with van der Waals surface area (Å²) in [6.45, 7) is 6.52. The summed E-state index contributed by atoms with van der Waals surface area (Å²) in [6.07, 6.45) is 0.632. The van der Waals surface area contributed by atoms with Gasteiger partial charge in [-0.3, -0.25) is 0 Å². The van der Waals surface area contributed by atoms with Crippen LogP contribution in [0.15, 0.2) is 30.3 Å². The van der Waals surface area contributed by atoms with E-state index >= 15 is 0 Å². The summed E-state index contributed by atoms with van der Waals surface area (Å²) in [5, 5.41) is 11.0. The average molecular weight is 297 g/mol. The maximum Gasteiger partial charge on any atom is 0.129 e. The van der Waals surface area contributed by atoms with Gasteiger partial charge in [-0.25, -0.2) is 8.93 Å². The first kappa shape index (κ1) is 15.6. The average Bonchev–Trinajstić information content (AvgIpc) is 2.41. The fourth-order valence-corrected chi connectivity index (χ4v) is 3.17. The smallest absolute Gasteiger partial charge is 0.129 e. The normalized spacial score (nSPS) is 29.1. The molecule has 1 fully saturated rings. The lowest BCUT2D eigenvalue weighted by Crippen LogP contribution is -2.56. The van der Waals surface area contributed by atoms with Crippen molar-refractivity contribution in [2.75, 3.05) is 13.2 Å². The van der Waals surface area contributed by atoms with Crippen molar-refractivity contribution >= 4 is 11.0 Å². The van der Waals surface area contributed by atoms with E-state index in [0.717, 1.165) is 5.56 Å². The molecule has 0 aromatic heterocycles. The molecule has 0 amide bonds. The monoisotopic (exact) mass is 297 g/mol. The van der Waals surface area contributed by atoms with Crippen molar-refractivity contribution in [1.82, 2.24) is 4.72 Å². The topological polar surface area (TPSA) is 58.6 Å². The molecule has 0 spiro atoms. The van der Waals surface area contributed by atoms with Gasteiger partial charge in [-0.1, -0.05) is 30.3 Å². The Morgan fingerprint density at radius 1 is 1.35 bits per heavy atom. The summed E-state index contributed by atoms with van der Waals surface area (Å²) in [7, 11) is -1.22. The third-order valence-electron chi connectivity index (χ3n) is 3.53. The summed E-state index contributed by atoms with van der Waals surface area (Å²) < 4.78 is 20.5. The Labute approximate surface area is 123 Å². The number of nitrogens with one attached hydrogen (secondary N) is 1. The van der Waals surface area contributed by atoms with E-state index in [4.69, 9.17) is 4.74 Å². The summed E-state index contributed by atoms with van der Waals surface area (Å²) in [6, 6.07) is 9.16. The van der Waals surface area contributed by atoms with Crippen LogP contribution in [0, 0.1) is 0 Å². The lowest BCUT2D eigenvalue weighted by molar-refractivity contribution is -0.107. The molecule has 1 saturated heterocycles. The fourth-order valence-electron chi connectivity index (χ4n) is 2.24. The first-order valence-electron chi connectivity index (χ1n) is 6.88. The van der Waals surface area contributed by atoms with E-state index in [0.29, 0.717) is 13.0 Å². The Morgan fingerprint density at radius 3 is 2.60 bits per heavy atom. The largest absolute Gasteiger partial charge is 0.381 e. The SMILES string of the molecule is CC(C)(C)S(=O)N[C@H]1CCOC[C@@]1(O)c1ccccc1. The third kappa shape index (κ3) is 3.28. The summed E-state index contributed by atoms with van der Waals surface area (Å²) in [4.78, 5) is 0. The zero-order valence-corrected chi connectivity index (χ0v) is 13.1. The highest BCUT2D eigenvalue weighted by Crippen LogP contribution is 2.31. The van der Waals surface area contributed by atoms with E-state index in [1.165, 1.54) is 0 Å². The Balaban J connectivity index is 2.23. The van der Waals surface area contributed by atoms with Crippen LogP contribution >= 0.6 is 0 Å². The molecule has 0 bridgehead atoms. The molecule has 1 aromatic carbocycles. The highest BCUT2D eigenvalue weighted by molar-refractivity contribution is 7.84. The molecule has 2 N–H and O–H groups in total. The molecule has 4 nitrogen and oxygen atoms in total. The molecule has 1 aliphatic rings. The molecule has 1 aliphatic heterocycles. The number of aliphatic hydroxyl groups is 1. The number of rotatable bonds is 3. The van der Waals surface area contributed by atoms with Crippen molar-refractivity contribution in [3.05, 3.63) is 35.9 Å². The van der Waals surface area contributed by atoms with Gasteiger partial charge in [-0.2, -0.15) is 0 Å². The van der Waals surface area contributed by atoms with Crippen LogP contribution < -0.4 is 4.72 Å². The van der Waals surface area contributed by atoms with Crippen molar-refractivity contribution in [2.45, 2.75) is 43.6 Å². The van der Waals surface area contributed by atoms with Crippen molar-refractivity contribution in [2.24, 2.45) is 0 Å². The van der Waals surface area contributed by atoms with Crippen molar-refractivity contribution < 1.29 is 14.1 Å². The second kappa shape index (κ2) is 5.93. The minimum absolute atomic E-state index is 0.218. The maximum absolute atomic E-state index is 12.3. The molecule has 2 rings (SSSR count). The minimum Gasteiger partial charge on any atom is -0.381 e. The summed E-state index contributed by atoms with van der Waals surface area (Å²) >= 11 is 0. The highest BCUT2D eigenvalue weighted by Gasteiger charge is 2.43. The van der Waals surface area contributed by atoms with Gasteiger partial charge in [0.2, 0.25) is 0 Å². The molecule has 0 saturated carbocycles. The van der Waals surface area contributed by atoms with Gasteiger partial charge in [0.15, 0.2) is 0 Å². The Morgan fingerprint density at radius 2 is 2.00 bits per heavy atom. The van der Waals surface area contributed by atoms with Gasteiger partial charge in [-0.15, -0.1) is 0 Å². The lowest BCUT2D eigenvalue weighted by Gasteiger charge is -2.41. The van der Waals surface area contributed by atoms with Crippen molar-refractivity contribution in [1.29, 1.82) is 0 Å². The molecule has 3 atom stereocenters. The van der Waals surface area contributed by atoms with Gasteiger partial charge < -0.3 is 9.84 Å². The van der Waals surface area contributed by atoms with E-state index < -0.39 is 16.6 Å². The zero-order valence-electron chi connectivity index (χ0n) is 12.3. The second-order valence-corrected chi connectivity index (χ2v) is 8.18. The highest BCUT2D eigenvalue weighted by atomic mass is 32.2. The molecule has 0 aliphatic carbocycles. The standard InChI is InChI=1S/C15H23NO3S/c1-14(2,3)20(18)16-13-9-10-19-11-15(13,17)12-7-5-4-6-8-12/h4-8,13,16-17H,9-11H2,1-3H3/t13-,15+,20?/m0/s1. The Hall–Kier alpha value is -0.750. The van der Waals surface area contributed by atoms with Crippen molar-refractivity contribution in [3.8, 4) is 0 Å². The number of ether oxygens (including phenoxy) is 1. The van der Waals surface area contributed by atoms with Crippen LogP contribution in [0.3, 0.4) is 0 Å². The van der Waals surface area contributed by atoms with Crippen LogP contribution in [0.1, 0.15) is 32.8 Å². The van der Waals surface area contributed by atoms with Gasteiger partial charge in [0.25, 0.3) is 0 Å². The molecule has 1 heterocycles. The van der Waals surface area contributed by atoms with E-state index in [9.17, 15) is 9.32 Å². The van der Waals surface area contributed by atoms with Crippen LogP contribution in [0.4, 0.5) is 0 Å². The molecule has 0 radical (unpaired) electrons. The van der Waals surface area contributed by atoms with E-state index in [1.807, 2.05) is 51.1 Å². The molecular weight excluding hydrogens is 274 g/mol. The number of hydrogen-bond donors (Lipinski definition) is 2. The molecule has 5 heteroatoms. The molecule has 112 valence electrons. The molecular formula is C15H23NO3S. The molecule has 1 unspecified atom stereocenters. The second-order valence-electron chi connectivity index (χ2n) is 6.18. The van der Waals surface area contributed by atoms with Crippen LogP contribution in [0.2, 0.25) is 0 Å². The Kier molecular flexibility index (Phi) is 4.64. The lowest BCUT2D eigenvalue weighted by atomic mass is 9.84. The minimum atomic E-state index is -1.22. The number of benzene rings is 1. The van der Waals surface area contributed by atoms with E-state index in [1.54, 1.807) is 0 Å². The van der Waals surface area contributed by atoms with E-state index in [-0.39, 0.29) is 17.4 Å². The zero-order chi connectivity index (χ0) is 14.8. The van der Waals surface area contributed by atoms with Crippen LogP contribution in [-0.2, 0) is 21.3 Å². The summed E-state index contributed by atoms with van der Waals surface area (Å²) in [5.41, 5.74) is -0.344. The van der Waals surface area contributed by atoms with Gasteiger partial charge >= 0.3 is 0 Å². The fraction of sp³-hybridized carbons (Fsp3) is 0.600. The predicted octanol–water partition coefficient (Wildman–Crippen LogP) is 1.71. The summed E-state index contributed by atoms with van der Waals surface area (Å²) in [5.74, 6) is 0. The van der Waals surface area contributed by atoms with Crippen LogP contribution in [-0.4, -0.2) is 33.3 Å². The van der Waals surface area contributed by atoms with Crippen LogP contribution in [0.5, 0.6) is 0 Å². The van der Waals surface area contributed by atoms with Crippen LogP contribution in [0.25, 0.3) is 0 Å².